The Morgan fingerprint density at radius 3 is 2.61 bits per heavy atom. The molecule has 9 heteroatoms. The van der Waals surface area contributed by atoms with Crippen LogP contribution in [-0.4, -0.2) is 67.6 Å². The summed E-state index contributed by atoms with van der Waals surface area (Å²) < 4.78 is 28.2. The van der Waals surface area contributed by atoms with Crippen LogP contribution in [0, 0.1) is 5.92 Å². The maximum absolute atomic E-state index is 12.7. The zero-order valence-corrected chi connectivity index (χ0v) is 15.5. The van der Waals surface area contributed by atoms with Gasteiger partial charge in [0.15, 0.2) is 0 Å². The van der Waals surface area contributed by atoms with Crippen molar-refractivity contribution < 1.29 is 13.2 Å². The quantitative estimate of drug-likeness (QED) is 0.806. The molecule has 23 heavy (non-hydrogen) atoms. The van der Waals surface area contributed by atoms with Crippen LogP contribution in [0.15, 0.2) is 12.1 Å². The molecule has 1 aromatic heterocycles. The summed E-state index contributed by atoms with van der Waals surface area (Å²) in [5, 5.41) is 0. The molecule has 6 nitrogen and oxygen atoms in total. The number of carbonyl (C=O) groups excluding carboxylic acids is 1. The van der Waals surface area contributed by atoms with Crippen molar-refractivity contribution in [2.45, 2.75) is 18.9 Å². The lowest BCUT2D eigenvalue weighted by molar-refractivity contribution is 0.0593. The summed E-state index contributed by atoms with van der Waals surface area (Å²) in [6.07, 6.45) is 1.80. The summed E-state index contributed by atoms with van der Waals surface area (Å²) in [7, 11) is -0.368. The van der Waals surface area contributed by atoms with E-state index >= 15 is 0 Å². The Labute approximate surface area is 145 Å². The highest BCUT2D eigenvalue weighted by molar-refractivity contribution is 7.86. The molecular formula is C14H20ClN3O3S2. The van der Waals surface area contributed by atoms with Crippen LogP contribution in [0.4, 0.5) is 0 Å². The Morgan fingerprint density at radius 1 is 1.26 bits per heavy atom. The van der Waals surface area contributed by atoms with Crippen molar-refractivity contribution >= 4 is 39.1 Å². The second-order valence-corrected chi connectivity index (χ2v) is 10.1. The van der Waals surface area contributed by atoms with E-state index in [1.807, 2.05) is 4.90 Å². The van der Waals surface area contributed by atoms with Gasteiger partial charge in [-0.05, 0) is 30.9 Å². The summed E-state index contributed by atoms with van der Waals surface area (Å²) in [5.74, 6) is 0.142. The number of hydrogen-bond donors (Lipinski definition) is 0. The van der Waals surface area contributed by atoms with E-state index in [1.165, 1.54) is 19.9 Å². The van der Waals surface area contributed by atoms with E-state index in [1.54, 1.807) is 26.2 Å². The number of carbonyl (C=O) groups is 1. The molecule has 0 N–H and O–H groups in total. The van der Waals surface area contributed by atoms with Gasteiger partial charge in [-0.1, -0.05) is 11.6 Å². The molecule has 2 atom stereocenters. The third-order valence-electron chi connectivity index (χ3n) is 4.51. The molecule has 4 heterocycles. The van der Waals surface area contributed by atoms with Gasteiger partial charge >= 0.3 is 0 Å². The van der Waals surface area contributed by atoms with Gasteiger partial charge in [0.1, 0.15) is 0 Å². The molecular weight excluding hydrogens is 358 g/mol. The van der Waals surface area contributed by atoms with Crippen molar-refractivity contribution in [3.8, 4) is 0 Å². The Bertz CT molecular complexity index is 704. The van der Waals surface area contributed by atoms with Crippen LogP contribution in [-0.2, 0) is 10.2 Å². The van der Waals surface area contributed by atoms with Crippen molar-refractivity contribution in [2.75, 3.05) is 33.7 Å². The predicted molar refractivity (Wildman–Crippen MR) is 91.1 cm³/mol. The van der Waals surface area contributed by atoms with E-state index < -0.39 is 10.2 Å². The fourth-order valence-corrected chi connectivity index (χ4v) is 5.50. The van der Waals surface area contributed by atoms with E-state index in [-0.39, 0.29) is 17.9 Å². The lowest BCUT2D eigenvalue weighted by atomic mass is 9.95. The van der Waals surface area contributed by atoms with Gasteiger partial charge in [-0.25, -0.2) is 0 Å². The number of piperidine rings is 1. The van der Waals surface area contributed by atoms with E-state index in [2.05, 4.69) is 0 Å². The van der Waals surface area contributed by atoms with Crippen molar-refractivity contribution in [1.29, 1.82) is 0 Å². The van der Waals surface area contributed by atoms with Crippen molar-refractivity contribution in [3.63, 3.8) is 0 Å². The highest BCUT2D eigenvalue weighted by Crippen LogP contribution is 2.32. The second-order valence-electron chi connectivity index (χ2n) is 6.27. The molecule has 3 aliphatic rings. The van der Waals surface area contributed by atoms with Crippen LogP contribution in [0.2, 0.25) is 4.34 Å². The molecule has 3 aliphatic heterocycles. The summed E-state index contributed by atoms with van der Waals surface area (Å²) in [6, 6.07) is 3.39. The fraction of sp³-hybridized carbons (Fsp3) is 0.643. The first kappa shape index (κ1) is 17.2. The summed E-state index contributed by atoms with van der Waals surface area (Å²) in [5.41, 5.74) is 0. The highest BCUT2D eigenvalue weighted by atomic mass is 35.5. The Balaban J connectivity index is 1.83. The maximum Gasteiger partial charge on any atom is 0.281 e. The molecule has 0 spiro atoms. The minimum atomic E-state index is -3.45. The normalized spacial score (nSPS) is 25.8. The standard InChI is InChI=1S/C14H20ClN3O3S2/c1-16(2)23(20,21)17-7-10-3-4-11(9-17)18(8-10)14(19)12-5-6-13(15)22-12/h5-6,10-11H,3-4,7-9H2,1-2H3/t10-,11+/m0/s1. The van der Waals surface area contributed by atoms with Crippen LogP contribution in [0.1, 0.15) is 22.5 Å². The van der Waals surface area contributed by atoms with Crippen molar-refractivity contribution in [3.05, 3.63) is 21.3 Å². The topological polar surface area (TPSA) is 60.9 Å². The molecule has 128 valence electrons. The number of thiophene rings is 1. The minimum Gasteiger partial charge on any atom is -0.333 e. The molecule has 0 unspecified atom stereocenters. The summed E-state index contributed by atoms with van der Waals surface area (Å²) in [6.45, 7) is 1.45. The number of fused-ring (bicyclic) bond motifs is 4. The van der Waals surface area contributed by atoms with E-state index in [0.717, 1.165) is 12.8 Å². The lowest BCUT2D eigenvalue weighted by Gasteiger charge is -2.35. The SMILES string of the molecule is CN(C)S(=O)(=O)N1C[C@@H]2CC[C@H](C1)N(C(=O)c1ccc(Cl)s1)C2. The van der Waals surface area contributed by atoms with Crippen LogP contribution < -0.4 is 0 Å². The van der Waals surface area contributed by atoms with Gasteiger partial charge < -0.3 is 4.90 Å². The Morgan fingerprint density at radius 2 is 2.00 bits per heavy atom. The Kier molecular flexibility index (Phi) is 4.72. The number of rotatable bonds is 3. The first-order valence-electron chi connectivity index (χ1n) is 7.53. The van der Waals surface area contributed by atoms with Gasteiger partial charge in [0.25, 0.3) is 16.1 Å². The molecule has 4 rings (SSSR count). The largest absolute Gasteiger partial charge is 0.333 e. The van der Waals surface area contributed by atoms with Gasteiger partial charge in [0, 0.05) is 39.8 Å². The molecule has 0 radical (unpaired) electrons. The second kappa shape index (κ2) is 6.33. The third-order valence-corrected chi connectivity index (χ3v) is 7.61. The average Bonchev–Trinajstić information content (AvgIpc) is 2.73. The highest BCUT2D eigenvalue weighted by Gasteiger charge is 2.41. The third kappa shape index (κ3) is 3.28. The molecule has 0 aromatic carbocycles. The molecule has 3 fully saturated rings. The van der Waals surface area contributed by atoms with Crippen LogP contribution in [0.3, 0.4) is 0 Å². The number of halogens is 1. The van der Waals surface area contributed by atoms with Crippen molar-refractivity contribution in [1.82, 2.24) is 13.5 Å². The van der Waals surface area contributed by atoms with Crippen LogP contribution in [0.5, 0.6) is 0 Å². The smallest absolute Gasteiger partial charge is 0.281 e. The van der Waals surface area contributed by atoms with E-state index in [4.69, 9.17) is 11.6 Å². The van der Waals surface area contributed by atoms with Gasteiger partial charge in [0.2, 0.25) is 0 Å². The zero-order valence-electron chi connectivity index (χ0n) is 13.1. The summed E-state index contributed by atoms with van der Waals surface area (Å²) >= 11 is 7.20. The predicted octanol–water partition coefficient (Wildman–Crippen LogP) is 1.74. The monoisotopic (exact) mass is 377 g/mol. The van der Waals surface area contributed by atoms with Crippen molar-refractivity contribution in [2.24, 2.45) is 5.92 Å². The van der Waals surface area contributed by atoms with Gasteiger partial charge in [-0.2, -0.15) is 17.0 Å². The minimum absolute atomic E-state index is 0.0410. The lowest BCUT2D eigenvalue weighted by Crippen LogP contribution is -2.48. The summed E-state index contributed by atoms with van der Waals surface area (Å²) in [4.78, 5) is 15.2. The van der Waals surface area contributed by atoms with Crippen LogP contribution >= 0.6 is 22.9 Å². The molecule has 1 amide bonds. The number of nitrogens with zero attached hydrogens (tertiary/aromatic N) is 3. The first-order chi connectivity index (χ1) is 10.8. The Hall–Kier alpha value is -0.670. The maximum atomic E-state index is 12.7. The first-order valence-corrected chi connectivity index (χ1v) is 10.1. The van der Waals surface area contributed by atoms with Gasteiger partial charge in [-0.3, -0.25) is 4.79 Å². The molecule has 3 saturated heterocycles. The zero-order chi connectivity index (χ0) is 16.8. The van der Waals surface area contributed by atoms with Gasteiger partial charge in [0.05, 0.1) is 9.21 Å². The average molecular weight is 378 g/mol. The number of amides is 1. The molecule has 2 bridgehead atoms. The molecule has 0 saturated carbocycles. The van der Waals surface area contributed by atoms with Crippen LogP contribution in [0.25, 0.3) is 0 Å². The fourth-order valence-electron chi connectivity index (χ4n) is 3.28. The van der Waals surface area contributed by atoms with E-state index in [0.29, 0.717) is 28.8 Å². The van der Waals surface area contributed by atoms with Gasteiger partial charge in [-0.15, -0.1) is 11.3 Å². The number of hydrogen-bond acceptors (Lipinski definition) is 4. The van der Waals surface area contributed by atoms with E-state index in [9.17, 15) is 13.2 Å². The molecule has 1 aromatic rings. The molecule has 0 aliphatic carbocycles.